The Morgan fingerprint density at radius 3 is 2.67 bits per heavy atom. The number of pyridine rings is 1. The van der Waals surface area contributed by atoms with Crippen LogP contribution >= 0.6 is 27.5 Å². The molecule has 1 aliphatic rings. The number of ether oxygens (including phenoxy) is 1. The standard InChI is InChI=1S/C17H12BrClF4N2O2/c1-8-15(9-4-10(17(21,22)23)6-11(20)5-9)27-16(26)25(8)7-13-12(18)2-3-14(19)24-13/h2-6,8,15H,7H2,1H3/t8-,15-/m0/s1. The Bertz CT molecular complexity index is 894. The molecule has 10 heteroatoms. The lowest BCUT2D eigenvalue weighted by Crippen LogP contribution is -2.32. The van der Waals surface area contributed by atoms with Crippen LogP contribution in [0.25, 0.3) is 0 Å². The minimum absolute atomic E-state index is 0.0269. The minimum Gasteiger partial charge on any atom is -0.439 e. The molecule has 4 nitrogen and oxygen atoms in total. The molecule has 1 saturated heterocycles. The Hall–Kier alpha value is -1.87. The summed E-state index contributed by atoms with van der Waals surface area (Å²) in [6.45, 7) is 1.63. The van der Waals surface area contributed by atoms with Crippen molar-refractivity contribution in [3.63, 3.8) is 0 Å². The molecule has 1 fully saturated rings. The van der Waals surface area contributed by atoms with Crippen LogP contribution in [0.1, 0.15) is 29.8 Å². The average molecular weight is 468 g/mol. The zero-order valence-corrected chi connectivity index (χ0v) is 16.1. The molecule has 1 aromatic carbocycles. The summed E-state index contributed by atoms with van der Waals surface area (Å²) in [5.41, 5.74) is -0.746. The van der Waals surface area contributed by atoms with E-state index < -0.39 is 35.8 Å². The molecular weight excluding hydrogens is 456 g/mol. The van der Waals surface area contributed by atoms with Crippen molar-refractivity contribution in [2.24, 2.45) is 0 Å². The third kappa shape index (κ3) is 4.19. The maximum atomic E-state index is 13.7. The normalized spacial score (nSPS) is 20.1. The van der Waals surface area contributed by atoms with Crippen molar-refractivity contribution in [2.45, 2.75) is 31.8 Å². The van der Waals surface area contributed by atoms with Gasteiger partial charge < -0.3 is 4.74 Å². The average Bonchev–Trinajstić information content (AvgIpc) is 2.85. The Kier molecular flexibility index (Phi) is 5.36. The molecule has 2 atom stereocenters. The van der Waals surface area contributed by atoms with Gasteiger partial charge in [0.15, 0.2) is 0 Å². The lowest BCUT2D eigenvalue weighted by Gasteiger charge is -2.21. The molecule has 1 aromatic heterocycles. The number of carbonyl (C=O) groups excluding carboxylic acids is 1. The van der Waals surface area contributed by atoms with Crippen LogP contribution in [0.4, 0.5) is 22.4 Å². The van der Waals surface area contributed by atoms with Gasteiger partial charge in [0.2, 0.25) is 0 Å². The minimum atomic E-state index is -4.71. The van der Waals surface area contributed by atoms with Crippen LogP contribution in [0, 0.1) is 5.82 Å². The topological polar surface area (TPSA) is 42.4 Å². The SMILES string of the molecule is C[C@H]1[C@@H](c2cc(F)cc(C(F)(F)F)c2)OC(=O)N1Cc1nc(Cl)ccc1Br. The van der Waals surface area contributed by atoms with E-state index >= 15 is 0 Å². The molecule has 0 spiro atoms. The van der Waals surface area contributed by atoms with Gasteiger partial charge in [0.05, 0.1) is 23.8 Å². The number of carbonyl (C=O) groups is 1. The van der Waals surface area contributed by atoms with Crippen molar-refractivity contribution < 1.29 is 27.1 Å². The summed E-state index contributed by atoms with van der Waals surface area (Å²) in [4.78, 5) is 17.7. The number of alkyl halides is 3. The number of halogens is 6. The molecule has 27 heavy (non-hydrogen) atoms. The first-order chi connectivity index (χ1) is 12.6. The molecule has 2 heterocycles. The van der Waals surface area contributed by atoms with E-state index in [4.69, 9.17) is 16.3 Å². The first kappa shape index (κ1) is 19.9. The number of benzene rings is 1. The summed E-state index contributed by atoms with van der Waals surface area (Å²) in [5.74, 6) is -1.05. The van der Waals surface area contributed by atoms with Crippen molar-refractivity contribution in [1.29, 1.82) is 0 Å². The van der Waals surface area contributed by atoms with Crippen molar-refractivity contribution in [3.8, 4) is 0 Å². The van der Waals surface area contributed by atoms with Crippen LogP contribution in [0.2, 0.25) is 5.15 Å². The van der Waals surface area contributed by atoms with Gasteiger partial charge in [-0.25, -0.2) is 14.2 Å². The van der Waals surface area contributed by atoms with E-state index in [1.807, 2.05) is 0 Å². The Morgan fingerprint density at radius 1 is 1.30 bits per heavy atom. The lowest BCUT2D eigenvalue weighted by molar-refractivity contribution is -0.137. The maximum Gasteiger partial charge on any atom is 0.416 e. The predicted octanol–water partition coefficient (Wildman–Crippen LogP) is 5.74. The van der Waals surface area contributed by atoms with Gasteiger partial charge in [-0.3, -0.25) is 4.90 Å². The Morgan fingerprint density at radius 2 is 2.00 bits per heavy atom. The molecular formula is C17H12BrClF4N2O2. The fourth-order valence-electron chi connectivity index (χ4n) is 2.83. The van der Waals surface area contributed by atoms with Gasteiger partial charge in [-0.2, -0.15) is 13.2 Å². The van der Waals surface area contributed by atoms with E-state index in [2.05, 4.69) is 20.9 Å². The molecule has 1 aliphatic heterocycles. The molecule has 3 rings (SSSR count). The van der Waals surface area contributed by atoms with Gasteiger partial charge in [-0.05, 0) is 58.7 Å². The van der Waals surface area contributed by atoms with Crippen molar-refractivity contribution in [3.05, 3.63) is 62.6 Å². The van der Waals surface area contributed by atoms with E-state index in [1.54, 1.807) is 19.1 Å². The fraction of sp³-hybridized carbons (Fsp3) is 0.294. The lowest BCUT2D eigenvalue weighted by atomic mass is 10.0. The van der Waals surface area contributed by atoms with E-state index in [0.29, 0.717) is 16.2 Å². The number of cyclic esters (lactones) is 1. The molecule has 0 aliphatic carbocycles. The van der Waals surface area contributed by atoms with Crippen molar-refractivity contribution in [2.75, 3.05) is 0 Å². The number of rotatable bonds is 3. The third-order valence-corrected chi connectivity index (χ3v) is 5.11. The van der Waals surface area contributed by atoms with E-state index in [9.17, 15) is 22.4 Å². The quantitative estimate of drug-likeness (QED) is 0.427. The summed E-state index contributed by atoms with van der Waals surface area (Å²) in [7, 11) is 0. The van der Waals surface area contributed by atoms with Crippen LogP contribution < -0.4 is 0 Å². The van der Waals surface area contributed by atoms with Crippen LogP contribution in [0.5, 0.6) is 0 Å². The predicted molar refractivity (Wildman–Crippen MR) is 92.6 cm³/mol. The van der Waals surface area contributed by atoms with Gasteiger partial charge in [0, 0.05) is 4.47 Å². The molecule has 144 valence electrons. The number of hydrogen-bond acceptors (Lipinski definition) is 3. The van der Waals surface area contributed by atoms with Gasteiger partial charge >= 0.3 is 12.3 Å². The molecule has 0 bridgehead atoms. The second-order valence-corrected chi connectivity index (χ2v) is 7.25. The number of hydrogen-bond donors (Lipinski definition) is 0. The highest BCUT2D eigenvalue weighted by molar-refractivity contribution is 9.10. The molecule has 0 radical (unpaired) electrons. The summed E-state index contributed by atoms with van der Waals surface area (Å²) in [6, 6.07) is 4.70. The third-order valence-electron chi connectivity index (χ3n) is 4.17. The highest BCUT2D eigenvalue weighted by atomic mass is 79.9. The summed E-state index contributed by atoms with van der Waals surface area (Å²) in [6.07, 6.45) is -6.50. The van der Waals surface area contributed by atoms with Gasteiger partial charge in [-0.1, -0.05) is 11.6 Å². The smallest absolute Gasteiger partial charge is 0.416 e. The summed E-state index contributed by atoms with van der Waals surface area (Å²) >= 11 is 9.17. The van der Waals surface area contributed by atoms with Gasteiger partial charge in [0.1, 0.15) is 17.1 Å². The number of aromatic nitrogens is 1. The van der Waals surface area contributed by atoms with E-state index in [-0.39, 0.29) is 17.3 Å². The van der Waals surface area contributed by atoms with E-state index in [1.165, 1.54) is 4.90 Å². The highest BCUT2D eigenvalue weighted by Crippen LogP contribution is 2.37. The highest BCUT2D eigenvalue weighted by Gasteiger charge is 2.41. The molecule has 0 saturated carbocycles. The zero-order chi connectivity index (χ0) is 19.9. The first-order valence-electron chi connectivity index (χ1n) is 7.72. The van der Waals surface area contributed by atoms with Crippen LogP contribution in [-0.2, 0) is 17.5 Å². The molecule has 0 unspecified atom stereocenters. The number of amides is 1. The number of nitrogens with zero attached hydrogens (tertiary/aromatic N) is 2. The zero-order valence-electron chi connectivity index (χ0n) is 13.7. The van der Waals surface area contributed by atoms with Crippen LogP contribution in [0.3, 0.4) is 0 Å². The maximum absolute atomic E-state index is 13.7. The second-order valence-electron chi connectivity index (χ2n) is 6.01. The van der Waals surface area contributed by atoms with Crippen LogP contribution in [-0.4, -0.2) is 22.0 Å². The van der Waals surface area contributed by atoms with Gasteiger partial charge in [0.25, 0.3) is 0 Å². The molecule has 1 amide bonds. The van der Waals surface area contributed by atoms with Crippen molar-refractivity contribution >= 4 is 33.6 Å². The van der Waals surface area contributed by atoms with Gasteiger partial charge in [-0.15, -0.1) is 0 Å². The Balaban J connectivity index is 1.89. The van der Waals surface area contributed by atoms with E-state index in [0.717, 1.165) is 12.1 Å². The fourth-order valence-corrected chi connectivity index (χ4v) is 3.34. The summed E-state index contributed by atoms with van der Waals surface area (Å²) in [5, 5.41) is 0.227. The van der Waals surface area contributed by atoms with Crippen LogP contribution in [0.15, 0.2) is 34.8 Å². The molecule has 2 aromatic rings. The first-order valence-corrected chi connectivity index (χ1v) is 8.89. The Labute approximate surface area is 165 Å². The largest absolute Gasteiger partial charge is 0.439 e. The summed E-state index contributed by atoms with van der Waals surface area (Å²) < 4.78 is 58.4. The second kappa shape index (κ2) is 7.27. The monoisotopic (exact) mass is 466 g/mol. The molecule has 0 N–H and O–H groups in total. The van der Waals surface area contributed by atoms with Crippen molar-refractivity contribution in [1.82, 2.24) is 9.88 Å².